The van der Waals surface area contributed by atoms with Crippen LogP contribution in [0.3, 0.4) is 0 Å². The van der Waals surface area contributed by atoms with Crippen molar-refractivity contribution in [1.82, 2.24) is 4.90 Å². The summed E-state index contributed by atoms with van der Waals surface area (Å²) in [5.74, 6) is -2.55. The van der Waals surface area contributed by atoms with E-state index in [0.29, 0.717) is 15.8 Å². The molecule has 0 aliphatic rings. The van der Waals surface area contributed by atoms with E-state index in [9.17, 15) is 13.2 Å². The Bertz CT molecular complexity index is 1240. The molecule has 4 nitrogen and oxygen atoms in total. The van der Waals surface area contributed by atoms with Gasteiger partial charge in [0.05, 0.1) is 5.54 Å². The third-order valence-electron chi connectivity index (χ3n) is 7.46. The van der Waals surface area contributed by atoms with Crippen LogP contribution < -0.4 is 4.74 Å². The Balaban J connectivity index is 1.70. The summed E-state index contributed by atoms with van der Waals surface area (Å²) < 4.78 is 58.6. The average molecular weight is 643 g/mol. The van der Waals surface area contributed by atoms with E-state index in [1.807, 2.05) is 60.7 Å². The van der Waals surface area contributed by atoms with Gasteiger partial charge in [0.2, 0.25) is 0 Å². The van der Waals surface area contributed by atoms with Gasteiger partial charge in [0, 0.05) is 17.2 Å². The van der Waals surface area contributed by atoms with Crippen molar-refractivity contribution < 1.29 is 27.1 Å². The van der Waals surface area contributed by atoms with Crippen LogP contribution in [0.5, 0.6) is 5.75 Å². The first-order valence-corrected chi connectivity index (χ1v) is 18.0. The lowest BCUT2D eigenvalue weighted by Crippen LogP contribution is -2.62. The highest BCUT2D eigenvalue weighted by atomic mass is 35.5. The molecule has 3 aromatic carbocycles. The largest absolute Gasteiger partial charge is 0.485 e. The second kappa shape index (κ2) is 13.7. The highest BCUT2D eigenvalue weighted by Crippen LogP contribution is 2.41. The van der Waals surface area contributed by atoms with Gasteiger partial charge in [0.1, 0.15) is 5.75 Å². The number of rotatable bonds is 13. The first-order valence-electron chi connectivity index (χ1n) is 13.8. The summed E-state index contributed by atoms with van der Waals surface area (Å²) in [6.07, 6.45) is -4.57. The number of alkyl halides is 3. The highest BCUT2D eigenvalue weighted by Gasteiger charge is 2.63. The molecule has 0 bridgehead atoms. The lowest BCUT2D eigenvalue weighted by Gasteiger charge is -2.42. The fourth-order valence-electron chi connectivity index (χ4n) is 5.07. The van der Waals surface area contributed by atoms with Gasteiger partial charge in [-0.2, -0.15) is 13.2 Å². The molecule has 0 fully saturated rings. The molecular weight excluding hydrogens is 602 g/mol. The van der Waals surface area contributed by atoms with Gasteiger partial charge >= 0.3 is 6.18 Å². The van der Waals surface area contributed by atoms with Gasteiger partial charge in [-0.25, -0.2) is 0 Å². The zero-order valence-corrected chi connectivity index (χ0v) is 27.7. The van der Waals surface area contributed by atoms with Crippen LogP contribution in [-0.4, -0.2) is 52.0 Å². The minimum Gasteiger partial charge on any atom is -0.485 e. The van der Waals surface area contributed by atoms with Crippen molar-refractivity contribution in [3.05, 3.63) is 99.5 Å². The third-order valence-corrected chi connectivity index (χ3v) is 8.88. The first kappa shape index (κ1) is 34.4. The van der Waals surface area contributed by atoms with Gasteiger partial charge < -0.3 is 13.9 Å². The molecule has 0 radical (unpaired) electrons. The number of halogens is 5. The molecule has 0 saturated heterocycles. The van der Waals surface area contributed by atoms with Crippen LogP contribution in [0, 0.1) is 0 Å². The molecule has 0 amide bonds. The summed E-state index contributed by atoms with van der Waals surface area (Å²) in [6.45, 7) is 9.32. The number of methoxy groups -OCH3 is 1. The molecule has 0 N–H and O–H groups in total. The van der Waals surface area contributed by atoms with Gasteiger partial charge in [-0.15, -0.1) is 0 Å². The van der Waals surface area contributed by atoms with Gasteiger partial charge in [-0.1, -0.05) is 59.6 Å². The number of ether oxygens (including phenoxy) is 2. The minimum atomic E-state index is -4.78. The number of hydrogen-bond acceptors (Lipinski definition) is 4. The summed E-state index contributed by atoms with van der Waals surface area (Å²) in [5.41, 5.74) is 2.84. The Morgan fingerprint density at radius 2 is 1.31 bits per heavy atom. The Kier molecular flexibility index (Phi) is 11.2. The van der Waals surface area contributed by atoms with Crippen molar-refractivity contribution >= 4 is 31.5 Å². The van der Waals surface area contributed by atoms with Crippen LogP contribution in [0.2, 0.25) is 29.7 Å². The lowest BCUT2D eigenvalue weighted by molar-refractivity contribution is -0.371. The van der Waals surface area contributed by atoms with Crippen LogP contribution in [0.25, 0.3) is 0 Å². The molecule has 0 heterocycles. The van der Waals surface area contributed by atoms with E-state index in [-0.39, 0.29) is 0 Å². The Morgan fingerprint density at radius 3 is 1.71 bits per heavy atom. The predicted molar refractivity (Wildman–Crippen MR) is 167 cm³/mol. The summed E-state index contributed by atoms with van der Waals surface area (Å²) in [4.78, 5) is 2.30. The highest BCUT2D eigenvalue weighted by molar-refractivity contribution is 6.69. The van der Waals surface area contributed by atoms with E-state index in [1.54, 1.807) is 31.8 Å². The van der Waals surface area contributed by atoms with Crippen LogP contribution >= 0.6 is 23.2 Å². The topological polar surface area (TPSA) is 30.9 Å². The fraction of sp³-hybridized carbons (Fsp3) is 0.438. The maximum Gasteiger partial charge on any atom is 0.446 e. The molecule has 0 aliphatic carbocycles. The predicted octanol–water partition coefficient (Wildman–Crippen LogP) is 9.35. The fourth-order valence-corrected chi connectivity index (χ4v) is 6.59. The van der Waals surface area contributed by atoms with Crippen molar-refractivity contribution in [2.75, 3.05) is 20.7 Å². The normalized spacial score (nSPS) is 15.0. The van der Waals surface area contributed by atoms with Crippen LogP contribution in [0.4, 0.5) is 13.2 Å². The van der Waals surface area contributed by atoms with Gasteiger partial charge in [0.15, 0.2) is 14.4 Å². The van der Waals surface area contributed by atoms with Crippen molar-refractivity contribution in [1.29, 1.82) is 0 Å². The van der Waals surface area contributed by atoms with Crippen molar-refractivity contribution in [3.63, 3.8) is 0 Å². The molecule has 3 rings (SSSR count). The molecule has 0 aliphatic heterocycles. The van der Waals surface area contributed by atoms with E-state index < -0.39 is 31.9 Å². The smallest absolute Gasteiger partial charge is 0.446 e. The number of nitrogens with zero attached hydrogens (tertiary/aromatic N) is 1. The minimum absolute atomic E-state index is 0.311. The molecule has 0 spiro atoms. The van der Waals surface area contributed by atoms with Crippen molar-refractivity contribution in [3.8, 4) is 5.75 Å². The summed E-state index contributed by atoms with van der Waals surface area (Å²) in [6, 6.07) is 22.9. The molecule has 230 valence electrons. The van der Waals surface area contributed by atoms with Gasteiger partial charge in [-0.3, -0.25) is 4.90 Å². The zero-order chi connectivity index (χ0) is 31.3. The molecule has 3 aromatic rings. The van der Waals surface area contributed by atoms with Gasteiger partial charge in [0.25, 0.3) is 5.79 Å². The summed E-state index contributed by atoms with van der Waals surface area (Å²) >= 11 is 12.3. The zero-order valence-electron chi connectivity index (χ0n) is 25.2. The quantitative estimate of drug-likeness (QED) is 0.137. The second-order valence-electron chi connectivity index (χ2n) is 11.6. The summed E-state index contributed by atoms with van der Waals surface area (Å²) in [5, 5.41) is 1.35. The van der Waals surface area contributed by atoms with Crippen molar-refractivity contribution in [2.45, 2.75) is 69.9 Å². The van der Waals surface area contributed by atoms with Crippen LogP contribution in [0.1, 0.15) is 37.0 Å². The van der Waals surface area contributed by atoms with Crippen LogP contribution in [0.15, 0.2) is 72.8 Å². The monoisotopic (exact) mass is 641 g/mol. The lowest BCUT2D eigenvalue weighted by atomic mass is 9.83. The Hall–Kier alpha value is -2.07. The Labute approximate surface area is 258 Å². The third kappa shape index (κ3) is 8.10. The second-order valence-corrected chi connectivity index (χ2v) is 16.9. The molecule has 2 atom stereocenters. The molecule has 10 heteroatoms. The number of aryl methyl sites for hydroxylation is 1. The molecule has 0 saturated carbocycles. The summed E-state index contributed by atoms with van der Waals surface area (Å²) in [7, 11) is 0.449. The van der Waals surface area contributed by atoms with Crippen molar-refractivity contribution in [2.24, 2.45) is 0 Å². The van der Waals surface area contributed by atoms with E-state index in [0.717, 1.165) is 43.2 Å². The molecule has 42 heavy (non-hydrogen) atoms. The SMILES string of the molecule is COC(O[Si](C)(C)C)([C@@H](C)Oc1ccc(CCCN(C)C(C)(c2ccc(Cl)cc2)c2ccc(Cl)cc2)cc1)C(F)(F)F. The van der Waals surface area contributed by atoms with E-state index in [1.165, 1.54) is 6.92 Å². The maximum atomic E-state index is 14.1. The molecule has 0 aromatic heterocycles. The maximum absolute atomic E-state index is 14.1. The number of benzene rings is 3. The Morgan fingerprint density at radius 1 is 0.833 bits per heavy atom. The van der Waals surface area contributed by atoms with E-state index in [2.05, 4.69) is 18.9 Å². The molecule has 1 unspecified atom stereocenters. The standard InChI is InChI=1S/C32H40Cl2F3NO3Si/c1-23(31(39-4,32(35,36)37)41-42(5,6)7)40-29-20-10-24(11-21-29)9-8-22-38(3)30(2,25-12-16-27(33)17-13-25)26-14-18-28(34)19-15-26/h10-21,23H,8-9,22H2,1-7H3/t23-,31?/m1/s1. The molecular formula is C32H40Cl2F3NO3Si. The average Bonchev–Trinajstić information content (AvgIpc) is 2.91. The van der Waals surface area contributed by atoms with E-state index in [4.69, 9.17) is 37.1 Å². The first-order chi connectivity index (χ1) is 19.5. The van der Waals surface area contributed by atoms with Crippen LogP contribution in [-0.2, 0) is 21.1 Å². The van der Waals surface area contributed by atoms with Gasteiger partial charge in [-0.05, 0) is 113 Å². The van der Waals surface area contributed by atoms with E-state index >= 15 is 0 Å². The number of hydrogen-bond donors (Lipinski definition) is 0.